The maximum atomic E-state index is 13.7. The number of carbonyl (C=O) groups is 1. The summed E-state index contributed by atoms with van der Waals surface area (Å²) in [7, 11) is -2.16. The maximum Gasteiger partial charge on any atom is 0.414 e. The standard InChI is InChI=1S/C42H63FN8O3Si/c1-29(2)12-13-36-35(25-46-51(36)26-30-15-19-49(20-16-30)21-17-43)48-38-45-18-14-34(47-38)31-22-32(24-44)37-33(23-31)42(9,28-53-55(10,11)41(6,7)8)27-50(37)39(52)54-40(3,4)5/h14,18,22-23,25,29-30H,12-13,15-17,19-21,26-28H2,1-11H3,(H,45,47,48)/t42-/m1/s1. The lowest BCUT2D eigenvalue weighted by atomic mass is 9.83. The van der Waals surface area contributed by atoms with Gasteiger partial charge in [-0.25, -0.2) is 19.2 Å². The van der Waals surface area contributed by atoms with Crippen molar-refractivity contribution in [3.63, 3.8) is 0 Å². The Labute approximate surface area is 329 Å². The van der Waals surface area contributed by atoms with E-state index in [1.54, 1.807) is 17.2 Å². The van der Waals surface area contributed by atoms with Crippen LogP contribution in [0.3, 0.4) is 0 Å². The van der Waals surface area contributed by atoms with Crippen molar-refractivity contribution in [1.82, 2.24) is 24.6 Å². The van der Waals surface area contributed by atoms with Crippen LogP contribution in [0.15, 0.2) is 30.6 Å². The molecule has 5 rings (SSSR count). The molecule has 4 heterocycles. The minimum atomic E-state index is -2.16. The van der Waals surface area contributed by atoms with Crippen molar-refractivity contribution in [3.8, 4) is 17.3 Å². The Bertz CT molecular complexity index is 1850. The second-order valence-corrected chi connectivity index (χ2v) is 23.5. The number of aromatic nitrogens is 4. The van der Waals surface area contributed by atoms with E-state index in [-0.39, 0.29) is 11.7 Å². The smallest absolute Gasteiger partial charge is 0.414 e. The molecule has 13 heteroatoms. The van der Waals surface area contributed by atoms with E-state index < -0.39 is 25.4 Å². The monoisotopic (exact) mass is 774 g/mol. The molecule has 1 N–H and O–H groups in total. The Morgan fingerprint density at radius 2 is 1.87 bits per heavy atom. The average molecular weight is 775 g/mol. The summed E-state index contributed by atoms with van der Waals surface area (Å²) < 4.78 is 27.7. The Balaban J connectivity index is 1.47. The first-order valence-corrected chi connectivity index (χ1v) is 22.8. The molecular weight excluding hydrogens is 712 g/mol. The van der Waals surface area contributed by atoms with Crippen molar-refractivity contribution in [2.45, 2.75) is 124 Å². The summed E-state index contributed by atoms with van der Waals surface area (Å²) in [5.74, 6) is 1.44. The van der Waals surface area contributed by atoms with Crippen LogP contribution in [-0.2, 0) is 27.5 Å². The number of alkyl halides is 1. The first-order chi connectivity index (χ1) is 25.7. The molecule has 2 aliphatic rings. The van der Waals surface area contributed by atoms with Crippen LogP contribution in [-0.4, -0.2) is 84.1 Å². The number of benzene rings is 1. The SMILES string of the molecule is CC(C)CCc1c(Nc2nccc(-c3cc(C#N)c4c(c3)[C@@](C)(CO[Si](C)(C)C(C)(C)C)CN4C(=O)OC(C)(C)C)n2)cnn1CC1CCN(CCF)CC1. The van der Waals surface area contributed by atoms with E-state index in [0.29, 0.717) is 54.4 Å². The molecule has 1 aromatic carbocycles. The summed E-state index contributed by atoms with van der Waals surface area (Å²) in [6, 6.07) is 8.07. The zero-order valence-corrected chi connectivity index (χ0v) is 36.1. The molecule has 1 saturated heterocycles. The lowest BCUT2D eigenvalue weighted by Crippen LogP contribution is -2.46. The molecule has 0 spiro atoms. The third-order valence-corrected chi connectivity index (χ3v) is 16.0. The third-order valence-electron chi connectivity index (χ3n) is 11.5. The second kappa shape index (κ2) is 16.7. The number of nitrogens with one attached hydrogen (secondary N) is 1. The summed E-state index contributed by atoms with van der Waals surface area (Å²) in [5.41, 5.74) is 3.87. The average Bonchev–Trinajstić information content (AvgIpc) is 3.63. The van der Waals surface area contributed by atoms with Gasteiger partial charge >= 0.3 is 6.09 Å². The van der Waals surface area contributed by atoms with E-state index in [4.69, 9.17) is 19.2 Å². The van der Waals surface area contributed by atoms with Crippen molar-refractivity contribution in [2.24, 2.45) is 11.8 Å². The van der Waals surface area contributed by atoms with E-state index in [2.05, 4.69) is 80.6 Å². The van der Waals surface area contributed by atoms with Gasteiger partial charge in [0.1, 0.15) is 18.3 Å². The van der Waals surface area contributed by atoms with Crippen LogP contribution >= 0.6 is 0 Å². The highest BCUT2D eigenvalue weighted by Crippen LogP contribution is 2.47. The predicted molar refractivity (Wildman–Crippen MR) is 220 cm³/mol. The summed E-state index contributed by atoms with van der Waals surface area (Å²) >= 11 is 0. The van der Waals surface area contributed by atoms with E-state index >= 15 is 0 Å². The molecule has 0 saturated carbocycles. The molecule has 300 valence electrons. The van der Waals surface area contributed by atoms with Gasteiger partial charge in [-0.15, -0.1) is 0 Å². The molecule has 2 aliphatic heterocycles. The van der Waals surface area contributed by atoms with Gasteiger partial charge in [0.2, 0.25) is 5.95 Å². The van der Waals surface area contributed by atoms with Crippen LogP contribution in [0, 0.1) is 23.2 Å². The number of likely N-dealkylation sites (tertiary alicyclic amines) is 1. The fourth-order valence-electron chi connectivity index (χ4n) is 7.10. The van der Waals surface area contributed by atoms with Gasteiger partial charge in [0.05, 0.1) is 34.5 Å². The number of piperidine rings is 1. The van der Waals surface area contributed by atoms with Gasteiger partial charge in [-0.2, -0.15) is 10.4 Å². The van der Waals surface area contributed by atoms with Crippen LogP contribution in [0.1, 0.15) is 98.4 Å². The van der Waals surface area contributed by atoms with Crippen molar-refractivity contribution in [2.75, 3.05) is 49.7 Å². The first kappa shape index (κ1) is 42.3. The normalized spacial score (nSPS) is 18.4. The zero-order chi connectivity index (χ0) is 40.3. The molecule has 3 aromatic rings. The van der Waals surface area contributed by atoms with Gasteiger partial charge in [-0.05, 0) is 113 Å². The van der Waals surface area contributed by atoms with Crippen molar-refractivity contribution >= 4 is 31.7 Å². The van der Waals surface area contributed by atoms with Gasteiger partial charge in [0.25, 0.3) is 0 Å². The maximum absolute atomic E-state index is 13.7. The molecule has 0 bridgehead atoms. The highest BCUT2D eigenvalue weighted by Gasteiger charge is 2.47. The summed E-state index contributed by atoms with van der Waals surface area (Å²) in [6.45, 7) is 26.7. The molecule has 11 nitrogen and oxygen atoms in total. The number of rotatable bonds is 13. The zero-order valence-electron chi connectivity index (χ0n) is 35.1. The number of anilines is 3. The van der Waals surface area contributed by atoms with E-state index in [1.807, 2.05) is 39.1 Å². The fourth-order valence-corrected chi connectivity index (χ4v) is 8.21. The second-order valence-electron chi connectivity index (χ2n) is 18.7. The van der Waals surface area contributed by atoms with Gasteiger partial charge in [-0.3, -0.25) is 9.58 Å². The summed E-state index contributed by atoms with van der Waals surface area (Å²) in [5, 5.41) is 18.8. The van der Waals surface area contributed by atoms with E-state index in [1.165, 1.54) is 0 Å². The van der Waals surface area contributed by atoms with Crippen molar-refractivity contribution in [3.05, 3.63) is 47.4 Å². The molecule has 1 fully saturated rings. The molecule has 1 atom stereocenters. The molecule has 1 amide bonds. The van der Waals surface area contributed by atoms with E-state index in [0.717, 1.165) is 67.8 Å². The van der Waals surface area contributed by atoms with Crippen LogP contribution in [0.5, 0.6) is 0 Å². The summed E-state index contributed by atoms with van der Waals surface area (Å²) in [6.07, 6.45) is 7.03. The molecule has 0 aliphatic carbocycles. The van der Waals surface area contributed by atoms with Crippen LogP contribution < -0.4 is 10.2 Å². The number of nitrogens with zero attached hydrogens (tertiary/aromatic N) is 7. The van der Waals surface area contributed by atoms with E-state index in [9.17, 15) is 14.4 Å². The largest absolute Gasteiger partial charge is 0.443 e. The number of carbonyl (C=O) groups excluding carboxylic acids is 1. The Morgan fingerprint density at radius 1 is 1.16 bits per heavy atom. The number of halogens is 1. The molecule has 0 radical (unpaired) electrons. The molecule has 55 heavy (non-hydrogen) atoms. The number of hydrogen-bond donors (Lipinski definition) is 1. The lowest BCUT2D eigenvalue weighted by Gasteiger charge is -2.39. The van der Waals surface area contributed by atoms with Crippen LogP contribution in [0.4, 0.5) is 26.5 Å². The Hall–Kier alpha value is -3.86. The van der Waals surface area contributed by atoms with Gasteiger partial charge < -0.3 is 19.4 Å². The predicted octanol–water partition coefficient (Wildman–Crippen LogP) is 9.26. The quantitative estimate of drug-likeness (QED) is 0.169. The number of hydrogen-bond acceptors (Lipinski definition) is 9. The molecular formula is C42H63FN8O3Si. The first-order valence-electron chi connectivity index (χ1n) is 19.9. The Kier molecular flexibility index (Phi) is 12.8. The van der Waals surface area contributed by atoms with Gasteiger partial charge in [-0.1, -0.05) is 41.5 Å². The minimum absolute atomic E-state index is 0.000519. The number of fused-ring (bicyclic) bond motifs is 1. The minimum Gasteiger partial charge on any atom is -0.443 e. The number of nitriles is 1. The van der Waals surface area contributed by atoms with Crippen LogP contribution in [0.25, 0.3) is 11.3 Å². The molecule has 2 aromatic heterocycles. The topological polar surface area (TPSA) is 121 Å². The van der Waals surface area contributed by atoms with Gasteiger partial charge in [0, 0.05) is 43.4 Å². The van der Waals surface area contributed by atoms with Crippen molar-refractivity contribution in [1.29, 1.82) is 5.26 Å². The number of amides is 1. The highest BCUT2D eigenvalue weighted by molar-refractivity contribution is 6.74. The highest BCUT2D eigenvalue weighted by atomic mass is 28.4. The van der Waals surface area contributed by atoms with Gasteiger partial charge in [0.15, 0.2) is 8.32 Å². The third kappa shape index (κ3) is 10.1. The fraction of sp³-hybridized carbons (Fsp3) is 0.643. The number of ether oxygens (including phenoxy) is 1. The Morgan fingerprint density at radius 3 is 2.49 bits per heavy atom. The lowest BCUT2D eigenvalue weighted by molar-refractivity contribution is 0.0575. The summed E-state index contributed by atoms with van der Waals surface area (Å²) in [4.78, 5) is 27.1. The molecule has 0 unspecified atom stereocenters. The van der Waals surface area contributed by atoms with Crippen molar-refractivity contribution < 1.29 is 18.3 Å². The van der Waals surface area contributed by atoms with Crippen LogP contribution in [0.2, 0.25) is 18.1 Å².